The smallest absolute Gasteiger partial charge is 0.191 e. The standard InChI is InChI=1S/C18H26BrN5O2.HI/c1-20-18(21-6-2-7-25-12-14-5-8-26-13-14)22-9-16-11-24-10-15(19)3-4-17(24)23-16;/h3-4,10-11,14H,2,5-9,12-13H2,1H3,(H2,20,21,22);1H. The van der Waals surface area contributed by atoms with Crippen LogP contribution in [0, 0.1) is 5.92 Å². The molecule has 2 aromatic heterocycles. The van der Waals surface area contributed by atoms with Crippen molar-refractivity contribution in [2.24, 2.45) is 10.9 Å². The first-order valence-electron chi connectivity index (χ1n) is 8.98. The van der Waals surface area contributed by atoms with Crippen LogP contribution in [-0.4, -0.2) is 55.4 Å². The number of hydrogen-bond donors (Lipinski definition) is 2. The van der Waals surface area contributed by atoms with Crippen LogP contribution in [0.3, 0.4) is 0 Å². The van der Waals surface area contributed by atoms with E-state index in [1.807, 2.05) is 28.9 Å². The van der Waals surface area contributed by atoms with Crippen LogP contribution in [0.25, 0.3) is 5.65 Å². The lowest BCUT2D eigenvalue weighted by atomic mass is 10.1. The summed E-state index contributed by atoms with van der Waals surface area (Å²) < 4.78 is 14.1. The molecule has 1 fully saturated rings. The molecule has 2 N–H and O–H groups in total. The molecule has 0 radical (unpaired) electrons. The highest BCUT2D eigenvalue weighted by Crippen LogP contribution is 2.13. The number of hydrogen-bond acceptors (Lipinski definition) is 4. The first kappa shape index (κ1) is 22.4. The number of ether oxygens (including phenoxy) is 2. The molecule has 2 aromatic rings. The van der Waals surface area contributed by atoms with Gasteiger partial charge in [0.05, 0.1) is 25.5 Å². The minimum atomic E-state index is 0. The molecular weight excluding hydrogens is 525 g/mol. The molecule has 0 spiro atoms. The van der Waals surface area contributed by atoms with E-state index in [9.17, 15) is 0 Å². The molecule has 9 heteroatoms. The van der Waals surface area contributed by atoms with Gasteiger partial charge in [-0.25, -0.2) is 4.98 Å². The van der Waals surface area contributed by atoms with Gasteiger partial charge in [0.15, 0.2) is 5.96 Å². The predicted molar refractivity (Wildman–Crippen MR) is 121 cm³/mol. The van der Waals surface area contributed by atoms with Gasteiger partial charge < -0.3 is 24.5 Å². The van der Waals surface area contributed by atoms with E-state index >= 15 is 0 Å². The zero-order valence-electron chi connectivity index (χ0n) is 15.5. The Bertz CT molecular complexity index is 734. The maximum Gasteiger partial charge on any atom is 0.191 e. The number of rotatable bonds is 8. The third-order valence-corrected chi connectivity index (χ3v) is 4.73. The van der Waals surface area contributed by atoms with Crippen molar-refractivity contribution in [2.75, 3.05) is 40.0 Å². The fraction of sp³-hybridized carbons (Fsp3) is 0.556. The summed E-state index contributed by atoms with van der Waals surface area (Å²) in [6.45, 7) is 4.71. The van der Waals surface area contributed by atoms with Gasteiger partial charge in [-0.15, -0.1) is 24.0 Å². The predicted octanol–water partition coefficient (Wildman–Crippen LogP) is 2.82. The molecule has 0 bridgehead atoms. The lowest BCUT2D eigenvalue weighted by Gasteiger charge is -2.12. The lowest BCUT2D eigenvalue weighted by molar-refractivity contribution is 0.0888. The Kier molecular flexibility index (Phi) is 9.80. The van der Waals surface area contributed by atoms with Gasteiger partial charge in [0.1, 0.15) is 5.65 Å². The van der Waals surface area contributed by atoms with Gasteiger partial charge in [0, 0.05) is 49.6 Å². The third kappa shape index (κ3) is 7.20. The van der Waals surface area contributed by atoms with E-state index in [4.69, 9.17) is 9.47 Å². The van der Waals surface area contributed by atoms with E-state index in [2.05, 4.69) is 36.5 Å². The van der Waals surface area contributed by atoms with Crippen LogP contribution in [-0.2, 0) is 16.0 Å². The normalized spacial score (nSPS) is 17.1. The quantitative estimate of drug-likeness (QED) is 0.228. The Balaban J connectivity index is 0.00000261. The molecule has 1 unspecified atom stereocenters. The molecule has 0 aromatic carbocycles. The molecule has 0 saturated carbocycles. The summed E-state index contributed by atoms with van der Waals surface area (Å²) in [5.41, 5.74) is 1.89. The zero-order valence-corrected chi connectivity index (χ0v) is 19.4. The van der Waals surface area contributed by atoms with Crippen molar-refractivity contribution in [2.45, 2.75) is 19.4 Å². The topological polar surface area (TPSA) is 72.2 Å². The maximum atomic E-state index is 5.71. The molecule has 0 aliphatic carbocycles. The monoisotopic (exact) mass is 551 g/mol. The van der Waals surface area contributed by atoms with E-state index in [1.54, 1.807) is 7.05 Å². The fourth-order valence-electron chi connectivity index (χ4n) is 2.84. The van der Waals surface area contributed by atoms with Crippen LogP contribution in [0.1, 0.15) is 18.5 Å². The van der Waals surface area contributed by atoms with E-state index in [0.717, 1.165) is 67.6 Å². The second-order valence-electron chi connectivity index (χ2n) is 6.36. The molecule has 0 amide bonds. The third-order valence-electron chi connectivity index (χ3n) is 4.26. The number of fused-ring (bicyclic) bond motifs is 1. The van der Waals surface area contributed by atoms with Crippen LogP contribution in [0.5, 0.6) is 0 Å². The van der Waals surface area contributed by atoms with Gasteiger partial charge in [-0.1, -0.05) is 0 Å². The molecule has 1 atom stereocenters. The zero-order chi connectivity index (χ0) is 18.2. The van der Waals surface area contributed by atoms with Gasteiger partial charge in [-0.3, -0.25) is 4.99 Å². The summed E-state index contributed by atoms with van der Waals surface area (Å²) in [6, 6.07) is 3.97. The number of guanidine groups is 1. The van der Waals surface area contributed by atoms with Crippen molar-refractivity contribution in [3.8, 4) is 0 Å². The molecule has 1 saturated heterocycles. The number of aromatic nitrogens is 2. The Morgan fingerprint density at radius 3 is 3.07 bits per heavy atom. The van der Waals surface area contributed by atoms with E-state index in [-0.39, 0.29) is 24.0 Å². The fourth-order valence-corrected chi connectivity index (χ4v) is 3.20. The Morgan fingerprint density at radius 2 is 2.30 bits per heavy atom. The minimum Gasteiger partial charge on any atom is -0.381 e. The largest absolute Gasteiger partial charge is 0.381 e. The Morgan fingerprint density at radius 1 is 1.41 bits per heavy atom. The highest BCUT2D eigenvalue weighted by molar-refractivity contribution is 14.0. The van der Waals surface area contributed by atoms with Crippen molar-refractivity contribution in [3.05, 3.63) is 34.7 Å². The average molecular weight is 552 g/mol. The lowest BCUT2D eigenvalue weighted by Crippen LogP contribution is -2.37. The molecule has 150 valence electrons. The highest BCUT2D eigenvalue weighted by Gasteiger charge is 2.15. The number of nitrogens with one attached hydrogen (secondary N) is 2. The van der Waals surface area contributed by atoms with E-state index < -0.39 is 0 Å². The summed E-state index contributed by atoms with van der Waals surface area (Å²) in [7, 11) is 1.77. The van der Waals surface area contributed by atoms with Gasteiger partial charge >= 0.3 is 0 Å². The second kappa shape index (κ2) is 11.8. The van der Waals surface area contributed by atoms with Crippen LogP contribution in [0.15, 0.2) is 34.0 Å². The van der Waals surface area contributed by atoms with Crippen molar-refractivity contribution >= 4 is 51.5 Å². The van der Waals surface area contributed by atoms with Gasteiger partial charge in [0.2, 0.25) is 0 Å². The van der Waals surface area contributed by atoms with Crippen molar-refractivity contribution in [3.63, 3.8) is 0 Å². The summed E-state index contributed by atoms with van der Waals surface area (Å²) in [6.07, 6.45) is 6.07. The van der Waals surface area contributed by atoms with Crippen molar-refractivity contribution in [1.82, 2.24) is 20.0 Å². The summed E-state index contributed by atoms with van der Waals surface area (Å²) >= 11 is 3.47. The van der Waals surface area contributed by atoms with Crippen LogP contribution >= 0.6 is 39.9 Å². The van der Waals surface area contributed by atoms with Crippen molar-refractivity contribution in [1.29, 1.82) is 0 Å². The van der Waals surface area contributed by atoms with E-state index in [1.165, 1.54) is 0 Å². The maximum absolute atomic E-state index is 5.71. The summed E-state index contributed by atoms with van der Waals surface area (Å²) in [5, 5.41) is 6.59. The molecular formula is C18H27BrIN5O2. The molecule has 3 rings (SSSR count). The Labute approximate surface area is 185 Å². The number of pyridine rings is 1. The van der Waals surface area contributed by atoms with Crippen molar-refractivity contribution < 1.29 is 9.47 Å². The molecule has 7 nitrogen and oxygen atoms in total. The number of imidazole rings is 1. The molecule has 3 heterocycles. The van der Waals surface area contributed by atoms with Crippen LogP contribution < -0.4 is 10.6 Å². The first-order chi connectivity index (χ1) is 12.7. The van der Waals surface area contributed by atoms with Gasteiger partial charge in [0.25, 0.3) is 0 Å². The summed E-state index contributed by atoms with van der Waals surface area (Å²) in [5.74, 6) is 1.34. The number of nitrogens with zero attached hydrogens (tertiary/aromatic N) is 3. The van der Waals surface area contributed by atoms with E-state index in [0.29, 0.717) is 12.5 Å². The average Bonchev–Trinajstić information content (AvgIpc) is 3.29. The molecule has 1 aliphatic rings. The minimum absolute atomic E-state index is 0. The van der Waals surface area contributed by atoms with Gasteiger partial charge in [-0.2, -0.15) is 0 Å². The van der Waals surface area contributed by atoms with Crippen LogP contribution in [0.2, 0.25) is 0 Å². The molecule has 1 aliphatic heterocycles. The highest BCUT2D eigenvalue weighted by atomic mass is 127. The first-order valence-corrected chi connectivity index (χ1v) is 9.77. The second-order valence-corrected chi connectivity index (χ2v) is 7.27. The number of halogens is 2. The summed E-state index contributed by atoms with van der Waals surface area (Å²) in [4.78, 5) is 8.83. The SMILES string of the molecule is CN=C(NCCCOCC1CCOC1)NCc1cn2cc(Br)ccc2n1.I. The Hall–Kier alpha value is -0.910. The van der Waals surface area contributed by atoms with Gasteiger partial charge in [-0.05, 0) is 40.9 Å². The number of aliphatic imine (C=N–C) groups is 1. The van der Waals surface area contributed by atoms with Crippen LogP contribution in [0.4, 0.5) is 0 Å². The molecule has 27 heavy (non-hydrogen) atoms.